The molecule has 6 heteroatoms. The first-order valence-electron chi connectivity index (χ1n) is 8.74. The summed E-state index contributed by atoms with van der Waals surface area (Å²) < 4.78 is 1.42. The van der Waals surface area contributed by atoms with Gasteiger partial charge < -0.3 is 14.7 Å². The van der Waals surface area contributed by atoms with E-state index in [1.165, 1.54) is 82.0 Å². The van der Waals surface area contributed by atoms with Crippen LogP contribution in [-0.4, -0.2) is 150 Å². The van der Waals surface area contributed by atoms with Crippen molar-refractivity contribution in [3.05, 3.63) is 0 Å². The third-order valence-electron chi connectivity index (χ3n) is 3.94. The second-order valence-corrected chi connectivity index (χ2v) is 5.93. The molecule has 0 heterocycles. The molecule has 0 aromatic rings. The van der Waals surface area contributed by atoms with Crippen molar-refractivity contribution in [1.29, 1.82) is 0 Å². The molecule has 0 atom stereocenters. The Hall–Kier alpha value is 2.50. The number of unbranched alkanes of at least 4 members (excludes halogenated alkanes) is 4. The van der Waals surface area contributed by atoms with Gasteiger partial charge in [-0.3, -0.25) is 0 Å². The molecule has 0 aliphatic heterocycles. The van der Waals surface area contributed by atoms with E-state index in [1.54, 1.807) is 0 Å². The first kappa shape index (κ1) is 33.1. The third-order valence-corrected chi connectivity index (χ3v) is 3.94. The molecular formula is C17H40K2NO3+. The van der Waals surface area contributed by atoms with Gasteiger partial charge in [-0.15, -0.1) is 0 Å². The number of carboxylic acid groups (broad SMARTS) is 2. The Balaban J connectivity index is -0.000000268. The third kappa shape index (κ3) is 24.5. The maximum absolute atomic E-state index is 8.56. The van der Waals surface area contributed by atoms with Gasteiger partial charge in [-0.2, -0.15) is 0 Å². The van der Waals surface area contributed by atoms with Crippen molar-refractivity contribution in [2.75, 3.05) is 26.2 Å². The van der Waals surface area contributed by atoms with Crippen molar-refractivity contribution in [3.63, 3.8) is 0 Å². The van der Waals surface area contributed by atoms with Crippen molar-refractivity contribution < 1.29 is 19.5 Å². The molecule has 0 aromatic carbocycles. The van der Waals surface area contributed by atoms with Crippen LogP contribution in [0.3, 0.4) is 0 Å². The zero-order valence-corrected chi connectivity index (χ0v) is 14.7. The molecule has 4 nitrogen and oxygen atoms in total. The van der Waals surface area contributed by atoms with Crippen LogP contribution >= 0.6 is 0 Å². The van der Waals surface area contributed by atoms with E-state index in [-0.39, 0.29) is 103 Å². The zero-order valence-electron chi connectivity index (χ0n) is 14.7. The summed E-state index contributed by atoms with van der Waals surface area (Å²) in [7, 11) is 0. The minimum absolute atomic E-state index is 0. The topological polar surface area (TPSA) is 57.5 Å². The first-order chi connectivity index (χ1) is 9.97. The van der Waals surface area contributed by atoms with E-state index in [4.69, 9.17) is 15.0 Å². The van der Waals surface area contributed by atoms with Crippen LogP contribution in [0.15, 0.2) is 0 Å². The van der Waals surface area contributed by atoms with Crippen molar-refractivity contribution in [2.24, 2.45) is 0 Å². The van der Waals surface area contributed by atoms with Gasteiger partial charge in [0.25, 0.3) is 0 Å². The molecule has 2 N–H and O–H groups in total. The van der Waals surface area contributed by atoms with Crippen molar-refractivity contribution in [3.8, 4) is 0 Å². The van der Waals surface area contributed by atoms with E-state index in [0.717, 1.165) is 0 Å². The van der Waals surface area contributed by atoms with Gasteiger partial charge in [0, 0.05) is 0 Å². The number of carbonyl (C=O) groups is 1. The summed E-state index contributed by atoms with van der Waals surface area (Å²) in [5.41, 5.74) is 0. The van der Waals surface area contributed by atoms with Crippen LogP contribution in [-0.2, 0) is 0 Å². The fourth-order valence-electron chi connectivity index (χ4n) is 2.64. The maximum atomic E-state index is 8.56. The second kappa shape index (κ2) is 24.5. The zero-order chi connectivity index (χ0) is 16.6. The predicted molar refractivity (Wildman–Crippen MR) is 104 cm³/mol. The van der Waals surface area contributed by atoms with Crippen LogP contribution in [0.5, 0.6) is 0 Å². The Labute approximate surface area is 229 Å². The molecule has 0 fully saturated rings. The Bertz CT molecular complexity index is 200. The Morgan fingerprint density at radius 1 is 0.652 bits per heavy atom. The Kier molecular flexibility index (Phi) is 35.3. The second-order valence-electron chi connectivity index (χ2n) is 5.93. The van der Waals surface area contributed by atoms with Crippen molar-refractivity contribution in [2.45, 2.75) is 79.1 Å². The predicted octanol–water partition coefficient (Wildman–Crippen LogP) is 3.93. The molecule has 0 aliphatic rings. The summed E-state index contributed by atoms with van der Waals surface area (Å²) >= 11 is 0. The summed E-state index contributed by atoms with van der Waals surface area (Å²) in [5.74, 6) is 0. The number of hydrogen-bond donors (Lipinski definition) is 2. The quantitative estimate of drug-likeness (QED) is 0.396. The molecule has 0 bridgehead atoms. The van der Waals surface area contributed by atoms with Gasteiger partial charge in [0.1, 0.15) is 0 Å². The summed E-state index contributed by atoms with van der Waals surface area (Å²) in [4.78, 5) is 8.56. The number of quaternary nitrogens is 1. The number of rotatable bonds is 12. The summed E-state index contributed by atoms with van der Waals surface area (Å²) in [6.07, 6.45) is 9.23. The fraction of sp³-hybridized carbons (Fsp3) is 0.941. The molecule has 0 saturated heterocycles. The van der Waals surface area contributed by atoms with Crippen molar-refractivity contribution in [1.82, 2.24) is 0 Å². The van der Waals surface area contributed by atoms with Gasteiger partial charge in [0.15, 0.2) is 0 Å². The van der Waals surface area contributed by atoms with Crippen LogP contribution < -0.4 is 0 Å². The van der Waals surface area contributed by atoms with Gasteiger partial charge in [-0.25, -0.2) is 4.79 Å². The molecule has 0 radical (unpaired) electrons. The van der Waals surface area contributed by atoms with Gasteiger partial charge in [0.2, 0.25) is 0 Å². The standard InChI is InChI=1S/C16H36N.CH2O3.2K.2H/c1-5-9-13-17(14-10-6-2,15-11-7-3)16-12-8-4;2-1(3)4;;;;/h5-16H2,1-4H3;(H2,2,3,4);;;;/q+1;;;;;. The molecule has 0 aromatic heterocycles. The fourth-order valence-corrected chi connectivity index (χ4v) is 2.64. The summed E-state index contributed by atoms with van der Waals surface area (Å²) in [5, 5.41) is 13.9. The molecule has 0 aliphatic carbocycles. The monoisotopic (exact) mass is 384 g/mol. The SMILES string of the molecule is CCCC[N+](CCCC)(CCCC)CCCC.O=C(O)O.[KH].[KH]. The van der Waals surface area contributed by atoms with Gasteiger partial charge in [-0.1, -0.05) is 53.4 Å². The van der Waals surface area contributed by atoms with E-state index < -0.39 is 6.16 Å². The van der Waals surface area contributed by atoms with Crippen LogP contribution in [0.25, 0.3) is 0 Å². The average Bonchev–Trinajstić information content (AvgIpc) is 2.45. The van der Waals surface area contributed by atoms with Crippen LogP contribution in [0.1, 0.15) is 79.1 Å². The number of hydrogen-bond acceptors (Lipinski definition) is 1. The van der Waals surface area contributed by atoms with Crippen LogP contribution in [0, 0.1) is 0 Å². The number of nitrogens with zero attached hydrogens (tertiary/aromatic N) is 1. The molecule has 0 spiro atoms. The van der Waals surface area contributed by atoms with E-state index >= 15 is 0 Å². The molecule has 0 rings (SSSR count). The molecular weight excluding hydrogens is 344 g/mol. The van der Waals surface area contributed by atoms with Gasteiger partial charge in [0.05, 0.1) is 26.2 Å². The summed E-state index contributed by atoms with van der Waals surface area (Å²) in [6.45, 7) is 15.0. The van der Waals surface area contributed by atoms with Gasteiger partial charge in [-0.05, 0) is 25.7 Å². The first-order valence-corrected chi connectivity index (χ1v) is 8.74. The van der Waals surface area contributed by atoms with Crippen LogP contribution in [0.2, 0.25) is 0 Å². The molecule has 23 heavy (non-hydrogen) atoms. The Morgan fingerprint density at radius 2 is 0.826 bits per heavy atom. The molecule has 132 valence electrons. The molecule has 0 unspecified atom stereocenters. The molecule has 0 amide bonds. The van der Waals surface area contributed by atoms with Crippen LogP contribution in [0.4, 0.5) is 4.79 Å². The average molecular weight is 385 g/mol. The minimum atomic E-state index is -1.83. The van der Waals surface area contributed by atoms with Gasteiger partial charge >= 0.3 is 109 Å². The van der Waals surface area contributed by atoms with E-state index in [9.17, 15) is 0 Å². The summed E-state index contributed by atoms with van der Waals surface area (Å²) in [6, 6.07) is 0. The van der Waals surface area contributed by atoms with E-state index in [0.29, 0.717) is 0 Å². The van der Waals surface area contributed by atoms with E-state index in [1.807, 2.05) is 0 Å². The molecule has 0 saturated carbocycles. The van der Waals surface area contributed by atoms with E-state index in [2.05, 4.69) is 27.7 Å². The Morgan fingerprint density at radius 3 is 0.957 bits per heavy atom. The normalized spacial score (nSPS) is 9.91. The van der Waals surface area contributed by atoms with Crippen molar-refractivity contribution >= 4 is 109 Å².